The summed E-state index contributed by atoms with van der Waals surface area (Å²) >= 11 is 0. The number of nitrogens with zero attached hydrogens (tertiary/aromatic N) is 4. The lowest BCUT2D eigenvalue weighted by atomic mass is 9.95. The maximum Gasteiger partial charge on any atom is 0.266 e. The number of benzene rings is 1. The van der Waals surface area contributed by atoms with Crippen LogP contribution in [0.25, 0.3) is 11.7 Å². The predicted octanol–water partition coefficient (Wildman–Crippen LogP) is 4.87. The van der Waals surface area contributed by atoms with Gasteiger partial charge in [0.25, 0.3) is 5.89 Å². The van der Waals surface area contributed by atoms with E-state index in [-0.39, 0.29) is 29.5 Å². The summed E-state index contributed by atoms with van der Waals surface area (Å²) in [5.41, 5.74) is 2.23. The number of hydrogen-bond acceptors (Lipinski definition) is 8. The van der Waals surface area contributed by atoms with Crippen LogP contribution < -0.4 is 15.0 Å². The first kappa shape index (κ1) is 24.1. The molecule has 0 aliphatic carbocycles. The fourth-order valence-electron chi connectivity index (χ4n) is 4.37. The third-order valence-corrected chi connectivity index (χ3v) is 6.47. The van der Waals surface area contributed by atoms with Gasteiger partial charge in [0, 0.05) is 37.0 Å². The highest BCUT2D eigenvalue weighted by molar-refractivity contribution is 5.79. The van der Waals surface area contributed by atoms with Crippen molar-refractivity contribution in [3.8, 4) is 23.5 Å². The highest BCUT2D eigenvalue weighted by Crippen LogP contribution is 2.31. The SMILES string of the molecule is CC(NC(=O)C1CCN(c2oc(-c3ccco3)nc2C#N)CC1)c1ccc(OCc2cccnc2)cc1. The van der Waals surface area contributed by atoms with Crippen LogP contribution in [0.3, 0.4) is 0 Å². The molecule has 4 aromatic rings. The van der Waals surface area contributed by atoms with Crippen molar-refractivity contribution in [3.05, 3.63) is 84.0 Å². The van der Waals surface area contributed by atoms with Crippen molar-refractivity contribution in [1.82, 2.24) is 15.3 Å². The maximum absolute atomic E-state index is 13.0. The Morgan fingerprint density at radius 1 is 1.22 bits per heavy atom. The molecule has 9 nitrogen and oxygen atoms in total. The van der Waals surface area contributed by atoms with Crippen molar-refractivity contribution in [2.75, 3.05) is 18.0 Å². The molecule has 3 aromatic heterocycles. The second-order valence-corrected chi connectivity index (χ2v) is 8.97. The number of carbonyl (C=O) groups excluding carboxylic acids is 1. The Balaban J connectivity index is 1.13. The molecule has 5 rings (SSSR count). The van der Waals surface area contributed by atoms with Crippen molar-refractivity contribution >= 4 is 11.8 Å². The van der Waals surface area contributed by atoms with Crippen molar-refractivity contribution in [1.29, 1.82) is 5.26 Å². The van der Waals surface area contributed by atoms with Crippen molar-refractivity contribution in [3.63, 3.8) is 0 Å². The third-order valence-electron chi connectivity index (χ3n) is 6.47. The van der Waals surface area contributed by atoms with Gasteiger partial charge in [-0.3, -0.25) is 9.78 Å². The molecular formula is C28H27N5O4. The molecule has 188 valence electrons. The molecule has 9 heteroatoms. The summed E-state index contributed by atoms with van der Waals surface area (Å²) in [5.74, 6) is 1.85. The summed E-state index contributed by atoms with van der Waals surface area (Å²) in [6.07, 6.45) is 6.35. The van der Waals surface area contributed by atoms with Crippen molar-refractivity contribution in [2.45, 2.75) is 32.4 Å². The van der Waals surface area contributed by atoms with Gasteiger partial charge in [-0.2, -0.15) is 10.2 Å². The number of aromatic nitrogens is 2. The minimum absolute atomic E-state index is 0.0263. The zero-order valence-corrected chi connectivity index (χ0v) is 20.5. The molecule has 0 radical (unpaired) electrons. The van der Waals surface area contributed by atoms with Crippen LogP contribution >= 0.6 is 0 Å². The quantitative estimate of drug-likeness (QED) is 0.366. The van der Waals surface area contributed by atoms with Gasteiger partial charge in [0.2, 0.25) is 17.5 Å². The summed E-state index contributed by atoms with van der Waals surface area (Å²) in [6.45, 7) is 3.61. The zero-order chi connectivity index (χ0) is 25.6. The van der Waals surface area contributed by atoms with Crippen LogP contribution in [0.5, 0.6) is 5.75 Å². The smallest absolute Gasteiger partial charge is 0.266 e. The lowest BCUT2D eigenvalue weighted by Gasteiger charge is -2.31. The number of oxazole rings is 1. The average molecular weight is 498 g/mol. The average Bonchev–Trinajstić information content (AvgIpc) is 3.63. The Bertz CT molecular complexity index is 1350. The molecular weight excluding hydrogens is 470 g/mol. The van der Waals surface area contributed by atoms with E-state index < -0.39 is 0 Å². The van der Waals surface area contributed by atoms with Gasteiger partial charge in [-0.25, -0.2) is 0 Å². The summed E-state index contributed by atoms with van der Waals surface area (Å²) < 4.78 is 17.0. The number of amides is 1. The van der Waals surface area contributed by atoms with Crippen LogP contribution in [-0.2, 0) is 11.4 Å². The second kappa shape index (κ2) is 11.0. The van der Waals surface area contributed by atoms with Crippen molar-refractivity contribution < 1.29 is 18.4 Å². The van der Waals surface area contributed by atoms with Gasteiger partial charge in [0.05, 0.1) is 12.3 Å². The Morgan fingerprint density at radius 2 is 2.03 bits per heavy atom. The van der Waals surface area contributed by atoms with Crippen LogP contribution in [-0.4, -0.2) is 29.0 Å². The normalized spacial score (nSPS) is 14.6. The lowest BCUT2D eigenvalue weighted by molar-refractivity contribution is -0.126. The number of pyridine rings is 1. The van der Waals surface area contributed by atoms with E-state index in [9.17, 15) is 10.1 Å². The van der Waals surface area contributed by atoms with Gasteiger partial charge in [-0.15, -0.1) is 0 Å². The Kier molecular flexibility index (Phi) is 7.17. The van der Waals surface area contributed by atoms with Crippen LogP contribution in [0.4, 0.5) is 5.88 Å². The molecule has 37 heavy (non-hydrogen) atoms. The van der Waals surface area contributed by atoms with Crippen LogP contribution in [0.1, 0.15) is 42.6 Å². The largest absolute Gasteiger partial charge is 0.489 e. The molecule has 4 heterocycles. The second-order valence-electron chi connectivity index (χ2n) is 8.97. The Morgan fingerprint density at radius 3 is 2.70 bits per heavy atom. The van der Waals surface area contributed by atoms with E-state index in [0.717, 1.165) is 16.9 Å². The molecule has 1 aliphatic heterocycles. The molecule has 0 saturated carbocycles. The fraction of sp³-hybridized carbons (Fsp3) is 0.286. The molecule has 0 spiro atoms. The third kappa shape index (κ3) is 5.64. The highest BCUT2D eigenvalue weighted by atomic mass is 16.5. The number of piperidine rings is 1. The van der Waals surface area contributed by atoms with Gasteiger partial charge in [-0.1, -0.05) is 18.2 Å². The minimum atomic E-state index is -0.131. The van der Waals surface area contributed by atoms with Crippen LogP contribution in [0, 0.1) is 17.2 Å². The van der Waals surface area contributed by atoms with E-state index in [2.05, 4.69) is 21.4 Å². The molecule has 1 N–H and O–H groups in total. The van der Waals surface area contributed by atoms with E-state index in [1.807, 2.05) is 48.2 Å². The number of nitriles is 1. The number of ether oxygens (including phenoxy) is 1. The summed E-state index contributed by atoms with van der Waals surface area (Å²) in [6, 6.07) is 17.0. The molecule has 1 fully saturated rings. The lowest BCUT2D eigenvalue weighted by Crippen LogP contribution is -2.41. The first-order valence-corrected chi connectivity index (χ1v) is 12.2. The molecule has 0 bridgehead atoms. The Hall–Kier alpha value is -4.58. The number of hydrogen-bond donors (Lipinski definition) is 1. The monoisotopic (exact) mass is 497 g/mol. The van der Waals surface area contributed by atoms with Crippen molar-refractivity contribution in [2.24, 2.45) is 5.92 Å². The minimum Gasteiger partial charge on any atom is -0.489 e. The number of anilines is 1. The van der Waals surface area contributed by atoms with Gasteiger partial charge in [0.1, 0.15) is 18.4 Å². The van der Waals surface area contributed by atoms with Crippen LogP contribution in [0.2, 0.25) is 0 Å². The molecule has 1 amide bonds. The van der Waals surface area contributed by atoms with E-state index in [1.54, 1.807) is 24.5 Å². The number of nitrogens with one attached hydrogen (secondary N) is 1. The fourth-order valence-corrected chi connectivity index (χ4v) is 4.37. The maximum atomic E-state index is 13.0. The number of furan rings is 1. The number of rotatable bonds is 8. The van der Waals surface area contributed by atoms with Gasteiger partial charge >= 0.3 is 0 Å². The van der Waals surface area contributed by atoms with E-state index >= 15 is 0 Å². The zero-order valence-electron chi connectivity index (χ0n) is 20.5. The molecule has 1 atom stereocenters. The van der Waals surface area contributed by atoms with E-state index in [1.165, 1.54) is 6.26 Å². The van der Waals surface area contributed by atoms with E-state index in [0.29, 0.717) is 44.2 Å². The summed E-state index contributed by atoms with van der Waals surface area (Å²) in [4.78, 5) is 23.3. The molecule has 1 aromatic carbocycles. The highest BCUT2D eigenvalue weighted by Gasteiger charge is 2.30. The predicted molar refractivity (Wildman–Crippen MR) is 135 cm³/mol. The van der Waals surface area contributed by atoms with Gasteiger partial charge in [-0.05, 0) is 55.7 Å². The Labute approximate surface area is 214 Å². The summed E-state index contributed by atoms with van der Waals surface area (Å²) in [5, 5.41) is 12.6. The number of carbonyl (C=O) groups is 1. The topological polar surface area (TPSA) is 117 Å². The molecule has 1 saturated heterocycles. The standard InChI is InChI=1S/C28H27N5O4/c1-19(21-6-8-23(9-7-21)36-18-20-4-2-12-30-17-20)31-26(34)22-10-13-33(14-11-22)28-24(16-29)32-27(37-28)25-5-3-15-35-25/h2-9,12,15,17,19,22H,10-11,13-14,18H2,1H3,(H,31,34). The van der Waals surface area contributed by atoms with Gasteiger partial charge in [0.15, 0.2) is 5.76 Å². The van der Waals surface area contributed by atoms with Crippen LogP contribution in [0.15, 0.2) is 76.0 Å². The first-order chi connectivity index (χ1) is 18.1. The molecule has 1 aliphatic rings. The summed E-state index contributed by atoms with van der Waals surface area (Å²) in [7, 11) is 0. The van der Waals surface area contributed by atoms with E-state index in [4.69, 9.17) is 13.6 Å². The first-order valence-electron chi connectivity index (χ1n) is 12.2. The van der Waals surface area contributed by atoms with Gasteiger partial charge < -0.3 is 23.8 Å². The molecule has 1 unspecified atom stereocenters.